The molecule has 8 heteroatoms. The monoisotopic (exact) mass is 289 g/mol. The van der Waals surface area contributed by atoms with E-state index < -0.39 is 17.9 Å². The van der Waals surface area contributed by atoms with Gasteiger partial charge >= 0.3 is 5.97 Å². The van der Waals surface area contributed by atoms with Crippen LogP contribution in [0.15, 0.2) is 0 Å². The van der Waals surface area contributed by atoms with Gasteiger partial charge < -0.3 is 21.5 Å². The smallest absolute Gasteiger partial charge is 0.326 e. The zero-order valence-corrected chi connectivity index (χ0v) is 11.4. The molecule has 1 rings (SSSR count). The molecule has 0 radical (unpaired) electrons. The highest BCUT2D eigenvalue weighted by Gasteiger charge is 2.23. The van der Waals surface area contributed by atoms with Crippen molar-refractivity contribution < 1.29 is 19.5 Å². The van der Waals surface area contributed by atoms with Crippen molar-refractivity contribution in [3.8, 4) is 0 Å². The fraction of sp³-hybridized carbons (Fsp3) is 0.727. The maximum Gasteiger partial charge on any atom is 0.326 e. The number of amides is 2. The van der Waals surface area contributed by atoms with Crippen LogP contribution in [-0.4, -0.2) is 53.0 Å². The van der Waals surface area contributed by atoms with Gasteiger partial charge in [0.15, 0.2) is 0 Å². The highest BCUT2D eigenvalue weighted by Crippen LogP contribution is 2.19. The third kappa shape index (κ3) is 6.44. The average molecular weight is 289 g/mol. The summed E-state index contributed by atoms with van der Waals surface area (Å²) in [6.07, 6.45) is 1.61. The van der Waals surface area contributed by atoms with E-state index in [2.05, 4.69) is 10.6 Å². The predicted octanol–water partition coefficient (Wildman–Crippen LogP) is -1.08. The quantitative estimate of drug-likeness (QED) is 0.473. The molecule has 108 valence electrons. The minimum Gasteiger partial charge on any atom is -0.480 e. The number of carbonyl (C=O) groups is 3. The van der Waals surface area contributed by atoms with Crippen LogP contribution in [0.2, 0.25) is 0 Å². The van der Waals surface area contributed by atoms with Crippen molar-refractivity contribution in [3.63, 3.8) is 0 Å². The second kappa shape index (κ2) is 8.00. The van der Waals surface area contributed by atoms with Gasteiger partial charge in [-0.3, -0.25) is 9.59 Å². The Labute approximate surface area is 115 Å². The van der Waals surface area contributed by atoms with Gasteiger partial charge in [-0.1, -0.05) is 0 Å². The molecule has 0 saturated carbocycles. The topological polar surface area (TPSA) is 122 Å². The summed E-state index contributed by atoms with van der Waals surface area (Å²) in [5.74, 6) is -2.18. The number of hydrogen-bond acceptors (Lipinski definition) is 5. The molecule has 5 N–H and O–H groups in total. The normalized spacial score (nSPS) is 17.7. The Balaban J connectivity index is 2.31. The van der Waals surface area contributed by atoms with Crippen molar-refractivity contribution in [2.75, 3.05) is 18.8 Å². The van der Waals surface area contributed by atoms with Crippen molar-refractivity contribution >= 4 is 29.5 Å². The lowest BCUT2D eigenvalue weighted by molar-refractivity contribution is -0.143. The van der Waals surface area contributed by atoms with Crippen LogP contribution in [0.4, 0.5) is 0 Å². The highest BCUT2D eigenvalue weighted by molar-refractivity contribution is 8.00. The molecule has 0 unspecified atom stereocenters. The molecule has 1 aliphatic heterocycles. The van der Waals surface area contributed by atoms with Crippen LogP contribution in [0, 0.1) is 0 Å². The molecule has 0 aromatic rings. The Morgan fingerprint density at radius 2 is 2.00 bits per heavy atom. The lowest BCUT2D eigenvalue weighted by Crippen LogP contribution is -2.44. The minimum absolute atomic E-state index is 0.202. The van der Waals surface area contributed by atoms with Crippen LogP contribution < -0.4 is 16.4 Å². The number of carbonyl (C=O) groups excluding carboxylic acids is 2. The summed E-state index contributed by atoms with van der Waals surface area (Å²) >= 11 is 1.52. The summed E-state index contributed by atoms with van der Waals surface area (Å²) in [5, 5.41) is 14.8. The maximum absolute atomic E-state index is 11.6. The number of nitrogens with two attached hydrogens (primary N) is 1. The van der Waals surface area contributed by atoms with E-state index in [1.807, 2.05) is 0 Å². The number of rotatable bonds is 7. The van der Waals surface area contributed by atoms with Crippen LogP contribution in [0.25, 0.3) is 0 Å². The van der Waals surface area contributed by atoms with Gasteiger partial charge in [0.25, 0.3) is 0 Å². The first kappa shape index (κ1) is 15.8. The second-order valence-electron chi connectivity index (χ2n) is 4.39. The Hall–Kier alpha value is -1.28. The van der Waals surface area contributed by atoms with Gasteiger partial charge in [0.1, 0.15) is 6.04 Å². The van der Waals surface area contributed by atoms with E-state index in [4.69, 9.17) is 10.8 Å². The van der Waals surface area contributed by atoms with Crippen LogP contribution in [0.1, 0.15) is 19.3 Å². The van der Waals surface area contributed by atoms with E-state index in [1.54, 1.807) is 0 Å². The number of carboxylic acid groups (broad SMARTS) is 1. The van der Waals surface area contributed by atoms with Crippen LogP contribution in [-0.2, 0) is 14.4 Å². The van der Waals surface area contributed by atoms with E-state index in [1.165, 1.54) is 11.8 Å². The molecule has 19 heavy (non-hydrogen) atoms. The molecule has 0 spiro atoms. The summed E-state index contributed by atoms with van der Waals surface area (Å²) < 4.78 is 0. The molecule has 1 fully saturated rings. The summed E-state index contributed by atoms with van der Waals surface area (Å²) in [5.41, 5.74) is 4.93. The number of piperidine rings is 1. The van der Waals surface area contributed by atoms with E-state index >= 15 is 0 Å². The van der Waals surface area contributed by atoms with Gasteiger partial charge in [-0.25, -0.2) is 4.79 Å². The molecule has 1 aliphatic rings. The van der Waals surface area contributed by atoms with E-state index in [9.17, 15) is 14.4 Å². The number of nitrogens with one attached hydrogen (secondary N) is 2. The van der Waals surface area contributed by atoms with Crippen LogP contribution in [0.5, 0.6) is 0 Å². The molecule has 0 aromatic heterocycles. The lowest BCUT2D eigenvalue weighted by Gasteiger charge is -2.22. The van der Waals surface area contributed by atoms with Crippen LogP contribution >= 0.6 is 11.8 Å². The summed E-state index contributed by atoms with van der Waals surface area (Å²) in [6, 6.07) is -1.24. The zero-order chi connectivity index (χ0) is 14.3. The summed E-state index contributed by atoms with van der Waals surface area (Å²) in [6.45, 7) is 1.89. The third-order valence-corrected chi connectivity index (χ3v) is 4.15. The Bertz CT molecular complexity index is 345. The van der Waals surface area contributed by atoms with E-state index in [-0.39, 0.29) is 18.1 Å². The van der Waals surface area contributed by atoms with Crippen LogP contribution in [0.3, 0.4) is 0 Å². The second-order valence-corrected chi connectivity index (χ2v) is 5.68. The minimum atomic E-state index is -1.25. The molecule has 0 bridgehead atoms. The fourth-order valence-corrected chi connectivity index (χ4v) is 2.83. The first-order valence-corrected chi connectivity index (χ1v) is 7.16. The van der Waals surface area contributed by atoms with Gasteiger partial charge in [0, 0.05) is 5.25 Å². The van der Waals surface area contributed by atoms with E-state index in [0.29, 0.717) is 5.25 Å². The van der Waals surface area contributed by atoms with Crippen molar-refractivity contribution in [2.45, 2.75) is 30.6 Å². The number of aliphatic carboxylic acids is 1. The Kier molecular flexibility index (Phi) is 6.65. The summed E-state index contributed by atoms with van der Waals surface area (Å²) in [7, 11) is 0. The molecule has 1 heterocycles. The Morgan fingerprint density at radius 1 is 1.37 bits per heavy atom. The zero-order valence-electron chi connectivity index (χ0n) is 10.6. The molecule has 2 amide bonds. The molecule has 0 aromatic carbocycles. The SMILES string of the molecule is NC(=O)C[C@H](NC(=O)CSC1CCNCC1)C(=O)O. The maximum atomic E-state index is 11.6. The Morgan fingerprint density at radius 3 is 2.53 bits per heavy atom. The van der Waals surface area contributed by atoms with Gasteiger partial charge in [-0.2, -0.15) is 0 Å². The number of hydrogen-bond donors (Lipinski definition) is 4. The number of primary amides is 1. The van der Waals surface area contributed by atoms with Gasteiger partial charge in [-0.05, 0) is 25.9 Å². The molecular formula is C11H19N3O4S. The molecular weight excluding hydrogens is 270 g/mol. The average Bonchev–Trinajstić information content (AvgIpc) is 2.36. The fourth-order valence-electron chi connectivity index (χ4n) is 1.79. The largest absolute Gasteiger partial charge is 0.480 e. The van der Waals surface area contributed by atoms with Crippen molar-refractivity contribution in [2.24, 2.45) is 5.73 Å². The number of carboxylic acids is 1. The van der Waals surface area contributed by atoms with Crippen molar-refractivity contribution in [1.29, 1.82) is 0 Å². The van der Waals surface area contributed by atoms with Crippen molar-refractivity contribution in [1.82, 2.24) is 10.6 Å². The molecule has 1 atom stereocenters. The van der Waals surface area contributed by atoms with Gasteiger partial charge in [0.2, 0.25) is 11.8 Å². The highest BCUT2D eigenvalue weighted by atomic mass is 32.2. The molecule has 0 aliphatic carbocycles. The first-order valence-electron chi connectivity index (χ1n) is 6.12. The third-order valence-electron chi connectivity index (χ3n) is 2.77. The molecule has 1 saturated heterocycles. The van der Waals surface area contributed by atoms with Crippen molar-refractivity contribution in [3.05, 3.63) is 0 Å². The molecule has 7 nitrogen and oxygen atoms in total. The predicted molar refractivity (Wildman–Crippen MR) is 71.7 cm³/mol. The first-order chi connectivity index (χ1) is 8.99. The lowest BCUT2D eigenvalue weighted by atomic mass is 10.2. The van der Waals surface area contributed by atoms with E-state index in [0.717, 1.165) is 25.9 Å². The van der Waals surface area contributed by atoms with Gasteiger partial charge in [0.05, 0.1) is 12.2 Å². The van der Waals surface area contributed by atoms with Gasteiger partial charge in [-0.15, -0.1) is 11.8 Å². The summed E-state index contributed by atoms with van der Waals surface area (Å²) in [4.78, 5) is 33.2. The number of thioether (sulfide) groups is 1. The standard InChI is InChI=1S/C11H19N3O4S/c12-9(15)5-8(11(17)18)14-10(16)6-19-7-1-3-13-4-2-7/h7-8,13H,1-6H2,(H2,12,15)(H,14,16)(H,17,18)/t8-/m0/s1.